The fraction of sp³-hybridized carbons (Fsp3) is 0.333. The number of fused-ring (bicyclic) bond motifs is 5. The third kappa shape index (κ3) is 3.81. The molecule has 34 heavy (non-hydrogen) atoms. The lowest BCUT2D eigenvalue weighted by atomic mass is 9.80. The molecule has 5 rings (SSSR count). The highest BCUT2D eigenvalue weighted by Crippen LogP contribution is 2.49. The van der Waals surface area contributed by atoms with E-state index in [0.29, 0.717) is 18.9 Å². The van der Waals surface area contributed by atoms with Gasteiger partial charge in [0.1, 0.15) is 23.4 Å². The molecule has 0 saturated carbocycles. The van der Waals surface area contributed by atoms with Crippen LogP contribution in [0.25, 0.3) is 11.1 Å². The monoisotopic (exact) mass is 463 g/mol. The zero-order chi connectivity index (χ0) is 23.8. The summed E-state index contributed by atoms with van der Waals surface area (Å²) in [4.78, 5) is 0. The Morgan fingerprint density at radius 2 is 1.79 bits per heavy atom. The van der Waals surface area contributed by atoms with Crippen LogP contribution in [-0.4, -0.2) is 44.3 Å². The van der Waals surface area contributed by atoms with Crippen LogP contribution in [0, 0.1) is 0 Å². The molecule has 7 nitrogen and oxygen atoms in total. The van der Waals surface area contributed by atoms with E-state index in [-0.39, 0.29) is 23.7 Å². The fourth-order valence-electron chi connectivity index (χ4n) is 5.09. The molecular formula is C27H29NO6. The number of aryl methyl sites for hydroxylation is 1. The van der Waals surface area contributed by atoms with Gasteiger partial charge in [0, 0.05) is 23.6 Å². The minimum absolute atomic E-state index is 0.0793. The molecule has 3 N–H and O–H groups in total. The number of benzene rings is 3. The van der Waals surface area contributed by atoms with Gasteiger partial charge in [-0.25, -0.2) is 0 Å². The molecule has 0 amide bonds. The summed E-state index contributed by atoms with van der Waals surface area (Å²) in [6.07, 6.45) is 1.70. The largest absolute Gasteiger partial charge is 0.508 e. The molecule has 0 aromatic heterocycles. The van der Waals surface area contributed by atoms with Crippen LogP contribution >= 0.6 is 0 Å². The summed E-state index contributed by atoms with van der Waals surface area (Å²) in [6, 6.07) is 12.7. The molecule has 3 aromatic rings. The Bertz CT molecular complexity index is 1220. The van der Waals surface area contributed by atoms with E-state index in [9.17, 15) is 10.2 Å². The van der Waals surface area contributed by atoms with Crippen LogP contribution in [-0.2, 0) is 24.0 Å². The third-order valence-electron chi connectivity index (χ3n) is 6.67. The van der Waals surface area contributed by atoms with Crippen molar-refractivity contribution in [3.63, 3.8) is 0 Å². The Kier molecular flexibility index (Phi) is 5.98. The number of ether oxygens (including phenoxy) is 4. The van der Waals surface area contributed by atoms with Crippen LogP contribution < -0.4 is 19.5 Å². The molecule has 0 unspecified atom stereocenters. The smallest absolute Gasteiger partial charge is 0.160 e. The number of rotatable bonds is 6. The summed E-state index contributed by atoms with van der Waals surface area (Å²) >= 11 is 0. The highest BCUT2D eigenvalue weighted by Gasteiger charge is 2.36. The second-order valence-corrected chi connectivity index (χ2v) is 8.63. The van der Waals surface area contributed by atoms with E-state index < -0.39 is 0 Å². The summed E-state index contributed by atoms with van der Waals surface area (Å²) in [5.74, 6) is 2.27. The first-order valence-corrected chi connectivity index (χ1v) is 11.4. The van der Waals surface area contributed by atoms with E-state index in [1.165, 1.54) is 12.7 Å². The van der Waals surface area contributed by atoms with Crippen molar-refractivity contribution in [1.82, 2.24) is 5.32 Å². The van der Waals surface area contributed by atoms with Crippen molar-refractivity contribution in [2.75, 3.05) is 28.0 Å². The number of phenols is 2. The predicted molar refractivity (Wildman–Crippen MR) is 128 cm³/mol. The summed E-state index contributed by atoms with van der Waals surface area (Å²) in [6.45, 7) is 0.384. The number of hydrogen-bond acceptors (Lipinski definition) is 7. The SMILES string of the molecule is CNCO[C@@H]1Cc2c(cc(OC)c3c2CCc2cc(O)ccc2-3)O[C@@H]1c1ccc(O)c(OC)c1. The first kappa shape index (κ1) is 22.4. The summed E-state index contributed by atoms with van der Waals surface area (Å²) in [7, 11) is 5.04. The highest BCUT2D eigenvalue weighted by atomic mass is 16.6. The standard InChI is InChI=1S/C27H29NO6/c1-28-14-33-25-12-20-19-7-4-15-10-17(29)6-8-18(15)26(19)24(32-3)13-22(20)34-27(25)16-5-9-21(30)23(11-16)31-2/h5-6,8-11,13,25,27-30H,4,7,12,14H2,1-3H3/t25-,27-/m1/s1. The van der Waals surface area contributed by atoms with Crippen LogP contribution in [0.5, 0.6) is 28.7 Å². The zero-order valence-corrected chi connectivity index (χ0v) is 19.6. The van der Waals surface area contributed by atoms with Gasteiger partial charge in [0.25, 0.3) is 0 Å². The molecule has 0 fully saturated rings. The summed E-state index contributed by atoms with van der Waals surface area (Å²) in [5, 5.41) is 23.1. The van der Waals surface area contributed by atoms with E-state index in [1.807, 2.05) is 31.3 Å². The lowest BCUT2D eigenvalue weighted by molar-refractivity contribution is -0.0428. The predicted octanol–water partition coefficient (Wildman–Crippen LogP) is 4.12. The van der Waals surface area contributed by atoms with Gasteiger partial charge in [-0.05, 0) is 66.4 Å². The van der Waals surface area contributed by atoms with Gasteiger partial charge in [-0.1, -0.05) is 12.1 Å². The molecule has 2 aliphatic rings. The number of hydrogen-bond donors (Lipinski definition) is 3. The first-order chi connectivity index (χ1) is 16.5. The molecular weight excluding hydrogens is 434 g/mol. The first-order valence-electron chi connectivity index (χ1n) is 11.4. The molecule has 2 atom stereocenters. The molecule has 0 saturated heterocycles. The van der Waals surface area contributed by atoms with Crippen molar-refractivity contribution < 1.29 is 29.2 Å². The summed E-state index contributed by atoms with van der Waals surface area (Å²) in [5.41, 5.74) is 6.43. The van der Waals surface area contributed by atoms with Crippen molar-refractivity contribution in [2.45, 2.75) is 31.5 Å². The van der Waals surface area contributed by atoms with Crippen LogP contribution in [0.1, 0.15) is 28.4 Å². The van der Waals surface area contributed by atoms with Gasteiger partial charge >= 0.3 is 0 Å². The van der Waals surface area contributed by atoms with Crippen molar-refractivity contribution in [1.29, 1.82) is 0 Å². The second-order valence-electron chi connectivity index (χ2n) is 8.63. The van der Waals surface area contributed by atoms with Crippen molar-refractivity contribution >= 4 is 0 Å². The molecule has 178 valence electrons. The molecule has 0 bridgehead atoms. The fourth-order valence-corrected chi connectivity index (χ4v) is 5.09. The Morgan fingerprint density at radius 1 is 0.971 bits per heavy atom. The molecule has 1 heterocycles. The lowest BCUT2D eigenvalue weighted by Crippen LogP contribution is -2.36. The number of nitrogens with one attached hydrogen (secondary N) is 1. The minimum Gasteiger partial charge on any atom is -0.508 e. The van der Waals surface area contributed by atoms with Crippen LogP contribution in [0.15, 0.2) is 42.5 Å². The molecule has 1 aliphatic heterocycles. The van der Waals surface area contributed by atoms with Gasteiger partial charge in [0.15, 0.2) is 17.6 Å². The van der Waals surface area contributed by atoms with Crippen LogP contribution in [0.2, 0.25) is 0 Å². The molecule has 0 radical (unpaired) electrons. The van der Waals surface area contributed by atoms with Crippen LogP contribution in [0.3, 0.4) is 0 Å². The Hall–Kier alpha value is -3.42. The number of aromatic hydroxyl groups is 2. The Morgan fingerprint density at radius 3 is 2.56 bits per heavy atom. The van der Waals surface area contributed by atoms with E-state index in [0.717, 1.165) is 52.2 Å². The second kappa shape index (κ2) is 9.08. The molecule has 7 heteroatoms. The van der Waals surface area contributed by atoms with E-state index in [1.54, 1.807) is 25.3 Å². The van der Waals surface area contributed by atoms with E-state index in [2.05, 4.69) is 5.32 Å². The van der Waals surface area contributed by atoms with Gasteiger partial charge < -0.3 is 29.2 Å². The van der Waals surface area contributed by atoms with Crippen molar-refractivity contribution in [2.24, 2.45) is 0 Å². The van der Waals surface area contributed by atoms with Gasteiger partial charge in [-0.3, -0.25) is 5.32 Å². The summed E-state index contributed by atoms with van der Waals surface area (Å²) < 4.78 is 23.9. The molecule has 1 aliphatic carbocycles. The Balaban J connectivity index is 1.62. The third-order valence-corrected chi connectivity index (χ3v) is 6.67. The van der Waals surface area contributed by atoms with Crippen molar-refractivity contribution in [3.05, 3.63) is 64.7 Å². The molecule has 0 spiro atoms. The minimum atomic E-state index is -0.383. The lowest BCUT2D eigenvalue weighted by Gasteiger charge is -2.37. The van der Waals surface area contributed by atoms with Gasteiger partial charge in [0.2, 0.25) is 0 Å². The zero-order valence-electron chi connectivity index (χ0n) is 19.6. The van der Waals surface area contributed by atoms with Gasteiger partial charge in [0.05, 0.1) is 21.0 Å². The van der Waals surface area contributed by atoms with Crippen LogP contribution in [0.4, 0.5) is 0 Å². The van der Waals surface area contributed by atoms with Gasteiger partial charge in [-0.15, -0.1) is 0 Å². The quantitative estimate of drug-likeness (QED) is 0.474. The number of methoxy groups -OCH3 is 2. The Labute approximate surface area is 198 Å². The van der Waals surface area contributed by atoms with Gasteiger partial charge in [-0.2, -0.15) is 0 Å². The normalized spacial score (nSPS) is 18.3. The van der Waals surface area contributed by atoms with E-state index in [4.69, 9.17) is 18.9 Å². The number of phenolic OH excluding ortho intramolecular Hbond substituents is 2. The average Bonchev–Trinajstić information content (AvgIpc) is 2.86. The van der Waals surface area contributed by atoms with Crippen molar-refractivity contribution in [3.8, 4) is 39.9 Å². The van der Waals surface area contributed by atoms with E-state index >= 15 is 0 Å². The highest BCUT2D eigenvalue weighted by molar-refractivity contribution is 5.82. The molecule has 3 aromatic carbocycles. The topological polar surface area (TPSA) is 89.4 Å². The average molecular weight is 464 g/mol. The maximum atomic E-state index is 10.1. The maximum absolute atomic E-state index is 10.1. The maximum Gasteiger partial charge on any atom is 0.160 e.